The third-order valence-corrected chi connectivity index (χ3v) is 9.94. The predicted octanol–water partition coefficient (Wildman–Crippen LogP) is 6.61. The Labute approximate surface area is 352 Å². The first-order valence-corrected chi connectivity index (χ1v) is 19.7. The first kappa shape index (κ1) is 43.2. The molecule has 0 aliphatic carbocycles. The van der Waals surface area contributed by atoms with Crippen LogP contribution in [0.15, 0.2) is 158 Å². The molecule has 0 fully saturated rings. The fourth-order valence-electron chi connectivity index (χ4n) is 7.00. The Bertz CT molecular complexity index is 2460. The number of amides is 3. The van der Waals surface area contributed by atoms with Crippen molar-refractivity contribution < 1.29 is 33.1 Å². The topological polar surface area (TPSA) is 138 Å². The summed E-state index contributed by atoms with van der Waals surface area (Å²) in [6.07, 6.45) is 9.18. The smallest absolute Gasteiger partial charge is 0.322 e. The number of carboxylic acid groups (broad SMARTS) is 1. The van der Waals surface area contributed by atoms with Crippen molar-refractivity contribution in [3.05, 3.63) is 203 Å². The highest BCUT2D eigenvalue weighted by Gasteiger charge is 2.32. The summed E-state index contributed by atoms with van der Waals surface area (Å²) in [6, 6.07) is 41.1. The molecule has 2 aliphatic heterocycles. The molecule has 3 amide bonds. The molecule has 61 heavy (non-hydrogen) atoms. The molecule has 2 atom stereocenters. The molecule has 0 saturated carbocycles. The summed E-state index contributed by atoms with van der Waals surface area (Å²) in [5.74, 6) is -3.16. The van der Waals surface area contributed by atoms with Crippen molar-refractivity contribution in [1.82, 2.24) is 30.0 Å². The minimum Gasteiger partial charge on any atom is -0.480 e. The van der Waals surface area contributed by atoms with Gasteiger partial charge in [-0.25, -0.2) is 8.78 Å². The molecule has 0 bridgehead atoms. The van der Waals surface area contributed by atoms with Crippen LogP contribution in [-0.2, 0) is 32.3 Å². The van der Waals surface area contributed by atoms with E-state index >= 15 is 0 Å². The lowest BCUT2D eigenvalue weighted by atomic mass is 10.00. The number of fused-ring (bicyclic) bond motifs is 2. The summed E-state index contributed by atoms with van der Waals surface area (Å²) in [4.78, 5) is 48.1. The number of hydrogen-bond acceptors (Lipinski definition) is 5. The Kier molecular flexibility index (Phi) is 15.3. The molecule has 2 aliphatic rings. The van der Waals surface area contributed by atoms with E-state index in [1.165, 1.54) is 53.8 Å². The normalized spacial score (nSPS) is 15.3. The molecule has 2 unspecified atom stereocenters. The highest BCUT2D eigenvalue weighted by molar-refractivity contribution is 5.94. The van der Waals surface area contributed by atoms with Gasteiger partial charge in [0, 0.05) is 73.2 Å². The number of carbonyl (C=O) groups is 4. The Morgan fingerprint density at radius 1 is 0.607 bits per heavy atom. The van der Waals surface area contributed by atoms with E-state index in [2.05, 4.69) is 73.7 Å². The van der Waals surface area contributed by atoms with Gasteiger partial charge < -0.3 is 35.1 Å². The largest absolute Gasteiger partial charge is 0.480 e. The summed E-state index contributed by atoms with van der Waals surface area (Å²) in [5, 5.41) is 16.6. The Balaban J connectivity index is 0.000000169. The molecular weight excluding hydrogens is 779 g/mol. The van der Waals surface area contributed by atoms with Crippen LogP contribution in [-0.4, -0.2) is 69.0 Å². The number of carbonyl (C=O) groups excluding carboxylic acids is 3. The van der Waals surface area contributed by atoms with Gasteiger partial charge >= 0.3 is 5.97 Å². The predicted molar refractivity (Wildman–Crippen MR) is 230 cm³/mol. The van der Waals surface area contributed by atoms with Crippen molar-refractivity contribution in [2.45, 2.75) is 25.2 Å². The van der Waals surface area contributed by atoms with Crippen LogP contribution in [0.2, 0.25) is 0 Å². The fraction of sp³-hybridized carbons (Fsp3) is 0.167. The number of nitrogens with one attached hydrogen (secondary N) is 3. The van der Waals surface area contributed by atoms with Crippen LogP contribution in [0.5, 0.6) is 0 Å². The molecule has 11 nitrogen and oxygen atoms in total. The standard InChI is InChI=1S/C24H22FN3O2.C13H14N2.C11H10FNO3/c25-20-10-5-4-7-18(20)12-13-22(29)26-17-23(30)28-16-15-27-14-6-11-21(27)24(28)19-8-2-1-3-9-19;1-2-5-11(6-3-1)13-12-7-4-9-15(12)10-8-14-13;12-9-4-2-1-3-8(9)5-6-10(14)13-7-11(15)16/h1-14,24H,15-17H2,(H,26,29);1-7,9,13-14H,8,10H2;1-6H,7H2,(H,13,14)(H,15,16)/b13-12+;;6-5+. The van der Waals surface area contributed by atoms with Gasteiger partial charge in [-0.15, -0.1) is 0 Å². The van der Waals surface area contributed by atoms with Crippen molar-refractivity contribution in [2.24, 2.45) is 0 Å². The van der Waals surface area contributed by atoms with Gasteiger partial charge in [-0.05, 0) is 59.7 Å². The number of carboxylic acids is 1. The zero-order chi connectivity index (χ0) is 43.0. The molecular formula is C48H46F2N6O5. The lowest BCUT2D eigenvalue weighted by Crippen LogP contribution is -2.46. The Hall–Kier alpha value is -7.38. The van der Waals surface area contributed by atoms with Crippen molar-refractivity contribution >= 4 is 35.8 Å². The maximum Gasteiger partial charge on any atom is 0.322 e. The lowest BCUT2D eigenvalue weighted by molar-refractivity contribution is -0.137. The van der Waals surface area contributed by atoms with Crippen LogP contribution in [0.3, 0.4) is 0 Å². The van der Waals surface area contributed by atoms with E-state index in [9.17, 15) is 28.0 Å². The third kappa shape index (κ3) is 12.1. The van der Waals surface area contributed by atoms with Gasteiger partial charge in [0.05, 0.1) is 18.6 Å². The maximum absolute atomic E-state index is 13.7. The molecule has 4 aromatic carbocycles. The van der Waals surface area contributed by atoms with E-state index in [-0.39, 0.29) is 24.1 Å². The van der Waals surface area contributed by atoms with Crippen molar-refractivity contribution in [3.63, 3.8) is 0 Å². The van der Waals surface area contributed by atoms with E-state index in [0.29, 0.717) is 24.7 Å². The van der Waals surface area contributed by atoms with Crippen LogP contribution in [0.25, 0.3) is 12.2 Å². The molecule has 2 aromatic heterocycles. The molecule has 4 N–H and O–H groups in total. The van der Waals surface area contributed by atoms with E-state index in [1.807, 2.05) is 48.7 Å². The molecule has 4 heterocycles. The van der Waals surface area contributed by atoms with Crippen molar-refractivity contribution in [2.75, 3.05) is 26.2 Å². The van der Waals surface area contributed by atoms with Gasteiger partial charge in [0.1, 0.15) is 18.2 Å². The van der Waals surface area contributed by atoms with E-state index < -0.39 is 36.0 Å². The van der Waals surface area contributed by atoms with E-state index in [1.54, 1.807) is 29.2 Å². The monoisotopic (exact) mass is 824 g/mol. The first-order valence-electron chi connectivity index (χ1n) is 19.7. The minimum atomic E-state index is -1.13. The fourth-order valence-corrected chi connectivity index (χ4v) is 7.00. The Morgan fingerprint density at radius 3 is 1.69 bits per heavy atom. The molecule has 0 saturated heterocycles. The van der Waals surface area contributed by atoms with Gasteiger partial charge in [0.15, 0.2) is 0 Å². The zero-order valence-electron chi connectivity index (χ0n) is 33.2. The van der Waals surface area contributed by atoms with Crippen LogP contribution >= 0.6 is 0 Å². The van der Waals surface area contributed by atoms with E-state index in [4.69, 9.17) is 5.11 Å². The second-order valence-corrected chi connectivity index (χ2v) is 14.0. The molecule has 312 valence electrons. The van der Waals surface area contributed by atoms with Gasteiger partial charge in [-0.2, -0.15) is 0 Å². The second kappa shape index (κ2) is 21.6. The van der Waals surface area contributed by atoms with Crippen LogP contribution < -0.4 is 16.0 Å². The highest BCUT2D eigenvalue weighted by atomic mass is 19.1. The average Bonchev–Trinajstić information content (AvgIpc) is 3.98. The number of aromatic nitrogens is 2. The zero-order valence-corrected chi connectivity index (χ0v) is 33.2. The third-order valence-electron chi connectivity index (χ3n) is 9.94. The number of benzene rings is 4. The van der Waals surface area contributed by atoms with Gasteiger partial charge in [-0.1, -0.05) is 97.1 Å². The van der Waals surface area contributed by atoms with Crippen molar-refractivity contribution in [1.29, 1.82) is 0 Å². The number of halogens is 2. The SMILES string of the molecule is O=C(/C=C/c1ccccc1F)NCC(=O)N1CCn2cccc2C1c1ccccc1.O=C(O)CNC(=O)/C=C/c1ccccc1F.c1ccc(C2NCCn3cccc32)cc1. The summed E-state index contributed by atoms with van der Waals surface area (Å²) in [5.41, 5.74) is 5.38. The molecule has 0 spiro atoms. The lowest BCUT2D eigenvalue weighted by Gasteiger charge is -2.37. The molecule has 6 aromatic rings. The molecule has 13 heteroatoms. The second-order valence-electron chi connectivity index (χ2n) is 14.0. The summed E-state index contributed by atoms with van der Waals surface area (Å²) < 4.78 is 31.2. The minimum absolute atomic E-state index is 0.121. The quantitative estimate of drug-likeness (QED) is 0.115. The number of aliphatic carboxylic acids is 1. The molecule has 0 radical (unpaired) electrons. The van der Waals surface area contributed by atoms with E-state index in [0.717, 1.165) is 30.4 Å². The number of hydrogen-bond donors (Lipinski definition) is 4. The molecule has 8 rings (SSSR count). The number of rotatable bonds is 10. The van der Waals surface area contributed by atoms with Crippen LogP contribution in [0.1, 0.15) is 45.7 Å². The van der Waals surface area contributed by atoms with Crippen molar-refractivity contribution in [3.8, 4) is 0 Å². The summed E-state index contributed by atoms with van der Waals surface area (Å²) >= 11 is 0. The van der Waals surface area contributed by atoms with Gasteiger partial charge in [-0.3, -0.25) is 19.2 Å². The van der Waals surface area contributed by atoms with Crippen LogP contribution in [0, 0.1) is 11.6 Å². The first-order chi connectivity index (χ1) is 29.7. The van der Waals surface area contributed by atoms with Gasteiger partial charge in [0.25, 0.3) is 0 Å². The maximum atomic E-state index is 13.7. The van der Waals surface area contributed by atoms with Crippen LogP contribution in [0.4, 0.5) is 8.78 Å². The Morgan fingerprint density at radius 2 is 1.11 bits per heavy atom. The highest BCUT2D eigenvalue weighted by Crippen LogP contribution is 2.32. The number of nitrogens with zero attached hydrogens (tertiary/aromatic N) is 3. The summed E-state index contributed by atoms with van der Waals surface area (Å²) in [6.45, 7) is 2.80. The summed E-state index contributed by atoms with van der Waals surface area (Å²) in [7, 11) is 0. The average molecular weight is 825 g/mol. The van der Waals surface area contributed by atoms with Gasteiger partial charge in [0.2, 0.25) is 17.7 Å².